The number of halogens is 3. The summed E-state index contributed by atoms with van der Waals surface area (Å²) in [5.41, 5.74) is 4.12. The summed E-state index contributed by atoms with van der Waals surface area (Å²) in [7, 11) is 0. The number of H-pyrrole nitrogens is 1. The van der Waals surface area contributed by atoms with Gasteiger partial charge < -0.3 is 14.6 Å². The Morgan fingerprint density at radius 1 is 1.17 bits per heavy atom. The average Bonchev–Trinajstić information content (AvgIpc) is 3.32. The largest absolute Gasteiger partial charge is 0.490 e. The Morgan fingerprint density at radius 2 is 1.87 bits per heavy atom. The van der Waals surface area contributed by atoms with Gasteiger partial charge in [-0.2, -0.15) is 18.2 Å². The van der Waals surface area contributed by atoms with E-state index < -0.39 is 12.1 Å². The number of hydrogen-bond donors (Lipinski definition) is 2. The lowest BCUT2D eigenvalue weighted by atomic mass is 10.1. The van der Waals surface area contributed by atoms with Gasteiger partial charge in [0.1, 0.15) is 5.69 Å². The molecule has 30 heavy (non-hydrogen) atoms. The topological polar surface area (TPSA) is 105 Å². The van der Waals surface area contributed by atoms with E-state index in [1.807, 2.05) is 30.3 Å². The first-order chi connectivity index (χ1) is 14.3. The molecule has 10 heteroatoms. The first-order valence-electron chi connectivity index (χ1n) is 8.92. The van der Waals surface area contributed by atoms with Crippen molar-refractivity contribution < 1.29 is 27.6 Å². The molecule has 0 amide bonds. The number of fused-ring (bicyclic) bond motifs is 1. The van der Waals surface area contributed by atoms with Crippen LogP contribution in [0.1, 0.15) is 24.0 Å². The summed E-state index contributed by atoms with van der Waals surface area (Å²) in [5, 5.41) is 12.4. The van der Waals surface area contributed by atoms with Crippen molar-refractivity contribution in [3.05, 3.63) is 65.7 Å². The molecule has 0 aliphatic carbocycles. The predicted octanol–water partition coefficient (Wildman–Crippen LogP) is 4.40. The lowest BCUT2D eigenvalue weighted by molar-refractivity contribution is -0.192. The number of aryl methyl sites for hydroxylation is 1. The van der Waals surface area contributed by atoms with Crippen LogP contribution in [0.5, 0.6) is 0 Å². The minimum Gasteiger partial charge on any atom is -0.475 e. The van der Waals surface area contributed by atoms with Gasteiger partial charge in [0.15, 0.2) is 5.82 Å². The summed E-state index contributed by atoms with van der Waals surface area (Å²) in [4.78, 5) is 21.1. The number of carboxylic acids is 1. The van der Waals surface area contributed by atoms with Crippen LogP contribution in [-0.2, 0) is 17.6 Å². The Balaban J connectivity index is 0.000000318. The molecule has 4 aromatic rings. The molecule has 2 N–H and O–H groups in total. The van der Waals surface area contributed by atoms with Crippen molar-refractivity contribution in [2.45, 2.75) is 25.9 Å². The molecule has 0 aliphatic heterocycles. The fraction of sp³-hybridized carbons (Fsp3) is 0.200. The van der Waals surface area contributed by atoms with Crippen molar-refractivity contribution >= 4 is 16.9 Å². The number of alkyl halides is 3. The van der Waals surface area contributed by atoms with E-state index in [4.69, 9.17) is 14.4 Å². The van der Waals surface area contributed by atoms with Crippen molar-refractivity contribution in [2.75, 3.05) is 0 Å². The summed E-state index contributed by atoms with van der Waals surface area (Å²) in [6.45, 7) is 2.13. The van der Waals surface area contributed by atoms with Crippen LogP contribution in [-0.4, -0.2) is 37.4 Å². The van der Waals surface area contributed by atoms with Gasteiger partial charge in [-0.25, -0.2) is 4.79 Å². The van der Waals surface area contributed by atoms with Crippen LogP contribution in [0.4, 0.5) is 13.2 Å². The van der Waals surface area contributed by atoms with Crippen molar-refractivity contribution in [1.82, 2.24) is 20.1 Å². The van der Waals surface area contributed by atoms with Gasteiger partial charge in [0.05, 0.1) is 6.42 Å². The molecule has 3 aromatic heterocycles. The lowest BCUT2D eigenvalue weighted by Crippen LogP contribution is -2.21. The standard InChI is InChI=1S/C18H16N4O.C2HF3O2/c1-2-13-14-8-3-4-9-15(14)20-17(13)18-21-16(22-23-18)11-12-7-5-6-10-19-12;3-2(4,5)1(6)7/h3-10,20H,2,11H2,1H3;(H,6,7). The van der Waals surface area contributed by atoms with Gasteiger partial charge in [-0.05, 0) is 30.2 Å². The van der Waals surface area contributed by atoms with Gasteiger partial charge in [-0.1, -0.05) is 36.3 Å². The maximum absolute atomic E-state index is 10.6. The molecule has 0 spiro atoms. The molecule has 0 radical (unpaired) electrons. The molecule has 0 bridgehead atoms. The highest BCUT2D eigenvalue weighted by Crippen LogP contribution is 2.29. The molecule has 156 valence electrons. The molecule has 0 fully saturated rings. The molecule has 3 heterocycles. The Kier molecular flexibility index (Phi) is 6.14. The maximum atomic E-state index is 10.6. The summed E-state index contributed by atoms with van der Waals surface area (Å²) in [5.74, 6) is -1.59. The third kappa shape index (κ3) is 4.83. The minimum atomic E-state index is -5.08. The molecule has 0 aliphatic rings. The molecule has 0 saturated carbocycles. The number of pyridine rings is 1. The zero-order chi connectivity index (χ0) is 21.7. The lowest BCUT2D eigenvalue weighted by Gasteiger charge is -1.96. The Labute approximate surface area is 168 Å². The average molecular weight is 418 g/mol. The summed E-state index contributed by atoms with van der Waals surface area (Å²) in [6, 6.07) is 14.0. The second-order valence-corrected chi connectivity index (χ2v) is 6.19. The van der Waals surface area contributed by atoms with Gasteiger partial charge in [-0.3, -0.25) is 4.98 Å². The van der Waals surface area contributed by atoms with E-state index >= 15 is 0 Å². The Hall–Kier alpha value is -3.69. The number of aromatic amines is 1. The normalized spacial score (nSPS) is 11.2. The Bertz CT molecular complexity index is 1140. The SMILES string of the molecule is CCc1c(-c2nc(Cc3ccccn3)no2)[nH]c2ccccc12.O=C(O)C(F)(F)F. The third-order valence-electron chi connectivity index (χ3n) is 4.16. The summed E-state index contributed by atoms with van der Waals surface area (Å²) >= 11 is 0. The first-order valence-corrected chi connectivity index (χ1v) is 8.92. The summed E-state index contributed by atoms with van der Waals surface area (Å²) < 4.78 is 37.2. The second-order valence-electron chi connectivity index (χ2n) is 6.19. The number of hydrogen-bond acceptors (Lipinski definition) is 5. The molecule has 0 saturated heterocycles. The van der Waals surface area contributed by atoms with Gasteiger partial charge in [0, 0.05) is 22.8 Å². The van der Waals surface area contributed by atoms with Gasteiger partial charge in [-0.15, -0.1) is 0 Å². The van der Waals surface area contributed by atoms with Gasteiger partial charge in [0.2, 0.25) is 0 Å². The van der Waals surface area contributed by atoms with Gasteiger partial charge >= 0.3 is 12.1 Å². The van der Waals surface area contributed by atoms with Gasteiger partial charge in [0.25, 0.3) is 5.89 Å². The maximum Gasteiger partial charge on any atom is 0.490 e. The molecule has 0 atom stereocenters. The van der Waals surface area contributed by atoms with Crippen molar-refractivity contribution in [1.29, 1.82) is 0 Å². The molecule has 4 rings (SSSR count). The smallest absolute Gasteiger partial charge is 0.475 e. The quantitative estimate of drug-likeness (QED) is 0.509. The van der Waals surface area contributed by atoms with E-state index in [2.05, 4.69) is 39.2 Å². The molecular formula is C20H17F3N4O3. The van der Waals surface area contributed by atoms with Crippen LogP contribution < -0.4 is 0 Å². The van der Waals surface area contributed by atoms with E-state index in [-0.39, 0.29) is 0 Å². The number of aliphatic carboxylic acids is 1. The van der Waals surface area contributed by atoms with Crippen LogP contribution >= 0.6 is 0 Å². The fourth-order valence-electron chi connectivity index (χ4n) is 2.84. The van der Waals surface area contributed by atoms with Crippen molar-refractivity contribution in [3.8, 4) is 11.6 Å². The van der Waals surface area contributed by atoms with Crippen LogP contribution in [0.2, 0.25) is 0 Å². The van der Waals surface area contributed by atoms with E-state index in [1.54, 1.807) is 6.20 Å². The third-order valence-corrected chi connectivity index (χ3v) is 4.16. The zero-order valence-electron chi connectivity index (χ0n) is 15.8. The molecule has 0 unspecified atom stereocenters. The number of benzene rings is 1. The van der Waals surface area contributed by atoms with Crippen molar-refractivity contribution in [2.24, 2.45) is 0 Å². The zero-order valence-corrected chi connectivity index (χ0v) is 15.8. The number of rotatable bonds is 4. The number of carboxylic acid groups (broad SMARTS) is 1. The summed E-state index contributed by atoms with van der Waals surface area (Å²) in [6.07, 6.45) is -1.85. The van der Waals surface area contributed by atoms with E-state index in [1.165, 1.54) is 10.9 Å². The molecule has 7 nitrogen and oxygen atoms in total. The highest BCUT2D eigenvalue weighted by molar-refractivity contribution is 5.89. The number of nitrogens with one attached hydrogen (secondary N) is 1. The van der Waals surface area contributed by atoms with Crippen LogP contribution in [0.15, 0.2) is 53.2 Å². The van der Waals surface area contributed by atoms with E-state index in [9.17, 15) is 13.2 Å². The van der Waals surface area contributed by atoms with Crippen LogP contribution in [0, 0.1) is 0 Å². The Morgan fingerprint density at radius 3 is 2.50 bits per heavy atom. The van der Waals surface area contributed by atoms with Crippen molar-refractivity contribution in [3.63, 3.8) is 0 Å². The second kappa shape index (κ2) is 8.76. The number of para-hydroxylation sites is 1. The number of nitrogens with zero attached hydrogens (tertiary/aromatic N) is 3. The highest BCUT2D eigenvalue weighted by Gasteiger charge is 2.38. The monoisotopic (exact) mass is 418 g/mol. The predicted molar refractivity (Wildman–Crippen MR) is 102 cm³/mol. The van der Waals surface area contributed by atoms with E-state index in [0.29, 0.717) is 18.1 Å². The van der Waals surface area contributed by atoms with E-state index in [0.717, 1.165) is 23.3 Å². The number of carbonyl (C=O) groups is 1. The molecule has 1 aromatic carbocycles. The minimum absolute atomic E-state index is 0.531. The van der Waals surface area contributed by atoms with Crippen LogP contribution in [0.25, 0.3) is 22.5 Å². The molecular weight excluding hydrogens is 401 g/mol. The fourth-order valence-corrected chi connectivity index (χ4v) is 2.84. The first kappa shape index (κ1) is 21.0. The highest BCUT2D eigenvalue weighted by atomic mass is 19.4. The van der Waals surface area contributed by atoms with Crippen LogP contribution in [0.3, 0.4) is 0 Å². The number of aromatic nitrogens is 4.